The molecule has 0 atom stereocenters. The summed E-state index contributed by atoms with van der Waals surface area (Å²) in [5.41, 5.74) is 2.14. The fourth-order valence-corrected chi connectivity index (χ4v) is 2.31. The van der Waals surface area contributed by atoms with E-state index < -0.39 is 11.9 Å². The molecule has 2 aromatic carbocycles. The van der Waals surface area contributed by atoms with Crippen LogP contribution in [0.5, 0.6) is 5.75 Å². The number of carbonyl (C=O) groups is 2. The molecule has 7 nitrogen and oxygen atoms in total. The third kappa shape index (κ3) is 8.07. The van der Waals surface area contributed by atoms with E-state index in [9.17, 15) is 9.59 Å². The number of nitrogens with zero attached hydrogens (tertiary/aromatic N) is 3. The highest BCUT2D eigenvalue weighted by Gasteiger charge is 2.10. The lowest BCUT2D eigenvalue weighted by Crippen LogP contribution is -2.12. The summed E-state index contributed by atoms with van der Waals surface area (Å²) in [5.74, 6) is -0.489. The van der Waals surface area contributed by atoms with E-state index in [1.54, 1.807) is 36.4 Å². The molecule has 0 radical (unpaired) electrons. The van der Waals surface area contributed by atoms with Gasteiger partial charge in [0.15, 0.2) is 0 Å². The summed E-state index contributed by atoms with van der Waals surface area (Å²) in [6, 6.07) is 16.1. The second-order valence-electron chi connectivity index (χ2n) is 6.55. The van der Waals surface area contributed by atoms with Gasteiger partial charge in [0.1, 0.15) is 5.75 Å². The summed E-state index contributed by atoms with van der Waals surface area (Å²) >= 11 is 0. The number of hydrogen-bond donors (Lipinski definition) is 0. The van der Waals surface area contributed by atoms with Crippen LogP contribution in [0.1, 0.15) is 38.2 Å². The van der Waals surface area contributed by atoms with Crippen LogP contribution >= 0.6 is 0 Å². The Balaban J connectivity index is 1.65. The molecular formula is C23H23N3O4. The lowest BCUT2D eigenvalue weighted by molar-refractivity contribution is -0.156. The highest BCUT2D eigenvalue weighted by atomic mass is 16.6. The van der Waals surface area contributed by atoms with Gasteiger partial charge in [-0.05, 0) is 74.7 Å². The number of carbonyl (C=O) groups excluding carboxylic acids is 2. The SMILES string of the molecule is C=C(C)C(=O)OC(=O)CCCCCOc1ccc(N=Nc2ccc(C#N)cc2)cc1. The van der Waals surface area contributed by atoms with E-state index in [-0.39, 0.29) is 12.0 Å². The molecule has 0 saturated carbocycles. The normalized spacial score (nSPS) is 10.4. The van der Waals surface area contributed by atoms with Crippen LogP contribution in [0.15, 0.2) is 70.9 Å². The maximum atomic E-state index is 11.5. The Hall–Kier alpha value is -3.79. The smallest absolute Gasteiger partial charge is 0.340 e. The van der Waals surface area contributed by atoms with Crippen molar-refractivity contribution in [1.29, 1.82) is 5.26 Å². The number of esters is 2. The van der Waals surface area contributed by atoms with Crippen LogP contribution < -0.4 is 4.74 Å². The first kappa shape index (κ1) is 22.5. The molecule has 7 heteroatoms. The summed E-state index contributed by atoms with van der Waals surface area (Å²) in [6.07, 6.45) is 2.38. The van der Waals surface area contributed by atoms with Crippen LogP contribution in [0.25, 0.3) is 0 Å². The Labute approximate surface area is 175 Å². The lowest BCUT2D eigenvalue weighted by atomic mass is 10.2. The predicted octanol–water partition coefficient (Wildman–Crippen LogP) is 5.56. The number of azo groups is 1. The molecule has 0 spiro atoms. The van der Waals surface area contributed by atoms with E-state index in [0.717, 1.165) is 18.6 Å². The van der Waals surface area contributed by atoms with Crippen LogP contribution in [0.3, 0.4) is 0 Å². The first-order valence-corrected chi connectivity index (χ1v) is 9.53. The molecule has 0 saturated heterocycles. The Kier molecular flexibility index (Phi) is 8.94. The van der Waals surface area contributed by atoms with Gasteiger partial charge in [0.25, 0.3) is 0 Å². The van der Waals surface area contributed by atoms with Crippen LogP contribution in [0.4, 0.5) is 11.4 Å². The molecule has 2 rings (SSSR count). The fourth-order valence-electron chi connectivity index (χ4n) is 2.31. The summed E-state index contributed by atoms with van der Waals surface area (Å²) in [4.78, 5) is 22.7. The van der Waals surface area contributed by atoms with Crippen molar-refractivity contribution < 1.29 is 19.1 Å². The van der Waals surface area contributed by atoms with E-state index in [2.05, 4.69) is 27.6 Å². The van der Waals surface area contributed by atoms with Gasteiger partial charge in [0.2, 0.25) is 0 Å². The first-order chi connectivity index (χ1) is 14.5. The average Bonchev–Trinajstić information content (AvgIpc) is 2.75. The van der Waals surface area contributed by atoms with Gasteiger partial charge in [-0.25, -0.2) is 4.79 Å². The third-order valence-electron chi connectivity index (χ3n) is 3.96. The van der Waals surface area contributed by atoms with Crippen molar-refractivity contribution in [1.82, 2.24) is 0 Å². The van der Waals surface area contributed by atoms with Crippen LogP contribution in [-0.4, -0.2) is 18.5 Å². The first-order valence-electron chi connectivity index (χ1n) is 9.53. The molecule has 0 aliphatic rings. The number of benzene rings is 2. The van der Waals surface area contributed by atoms with Crippen molar-refractivity contribution in [3.8, 4) is 11.8 Å². The van der Waals surface area contributed by atoms with E-state index in [0.29, 0.717) is 30.0 Å². The lowest BCUT2D eigenvalue weighted by Gasteiger charge is -2.06. The van der Waals surface area contributed by atoms with Gasteiger partial charge >= 0.3 is 11.9 Å². The van der Waals surface area contributed by atoms with Crippen LogP contribution in [-0.2, 0) is 14.3 Å². The van der Waals surface area contributed by atoms with E-state index in [1.165, 1.54) is 6.92 Å². The zero-order valence-corrected chi connectivity index (χ0v) is 16.8. The summed E-state index contributed by atoms with van der Waals surface area (Å²) < 4.78 is 10.3. The standard InChI is InChI=1S/C23H23N3O4/c1-17(2)23(28)30-22(27)6-4-3-5-15-29-21-13-11-20(12-14-21)26-25-19-9-7-18(16-24)8-10-19/h7-14H,1,3-6,15H2,2H3. The summed E-state index contributed by atoms with van der Waals surface area (Å²) in [5, 5.41) is 17.1. The minimum atomic E-state index is -0.678. The third-order valence-corrected chi connectivity index (χ3v) is 3.96. The van der Waals surface area contributed by atoms with Gasteiger partial charge in [0, 0.05) is 12.0 Å². The maximum absolute atomic E-state index is 11.5. The highest BCUT2D eigenvalue weighted by molar-refractivity contribution is 5.95. The minimum Gasteiger partial charge on any atom is -0.494 e. The van der Waals surface area contributed by atoms with Crippen LogP contribution in [0, 0.1) is 11.3 Å². The predicted molar refractivity (Wildman–Crippen MR) is 112 cm³/mol. The molecule has 0 aromatic heterocycles. The molecule has 0 bridgehead atoms. The summed E-state index contributed by atoms with van der Waals surface area (Å²) in [6.45, 7) is 5.45. The average molecular weight is 405 g/mol. The van der Waals surface area contributed by atoms with Gasteiger partial charge in [-0.15, -0.1) is 0 Å². The van der Waals surface area contributed by atoms with Crippen molar-refractivity contribution in [2.24, 2.45) is 10.2 Å². The topological polar surface area (TPSA) is 101 Å². The molecule has 0 aliphatic carbocycles. The number of rotatable bonds is 10. The molecule has 154 valence electrons. The van der Waals surface area contributed by atoms with Crippen molar-refractivity contribution in [2.45, 2.75) is 32.6 Å². The Morgan fingerprint density at radius 2 is 1.57 bits per heavy atom. The Bertz CT molecular complexity index is 942. The molecular weight excluding hydrogens is 382 g/mol. The van der Waals surface area contributed by atoms with Gasteiger partial charge in [0.05, 0.1) is 29.6 Å². The van der Waals surface area contributed by atoms with E-state index in [4.69, 9.17) is 10.00 Å². The van der Waals surface area contributed by atoms with Gasteiger partial charge in [-0.1, -0.05) is 6.58 Å². The van der Waals surface area contributed by atoms with E-state index in [1.807, 2.05) is 12.1 Å². The zero-order chi connectivity index (χ0) is 21.8. The van der Waals surface area contributed by atoms with Crippen molar-refractivity contribution >= 4 is 23.3 Å². The second-order valence-corrected chi connectivity index (χ2v) is 6.55. The van der Waals surface area contributed by atoms with Gasteiger partial charge in [-0.2, -0.15) is 15.5 Å². The second kappa shape index (κ2) is 11.9. The monoisotopic (exact) mass is 405 g/mol. The molecule has 0 unspecified atom stereocenters. The molecule has 0 heterocycles. The van der Waals surface area contributed by atoms with Crippen molar-refractivity contribution in [2.75, 3.05) is 6.61 Å². The highest BCUT2D eigenvalue weighted by Crippen LogP contribution is 2.21. The number of nitriles is 1. The molecule has 30 heavy (non-hydrogen) atoms. The molecule has 2 aromatic rings. The van der Waals surface area contributed by atoms with Crippen LogP contribution in [0.2, 0.25) is 0 Å². The molecule has 0 amide bonds. The summed E-state index contributed by atoms with van der Waals surface area (Å²) in [7, 11) is 0. The van der Waals surface area contributed by atoms with Gasteiger partial charge < -0.3 is 9.47 Å². The Morgan fingerprint density at radius 3 is 2.13 bits per heavy atom. The zero-order valence-electron chi connectivity index (χ0n) is 16.8. The van der Waals surface area contributed by atoms with E-state index >= 15 is 0 Å². The van der Waals surface area contributed by atoms with Crippen molar-refractivity contribution in [3.63, 3.8) is 0 Å². The number of unbranched alkanes of at least 4 members (excludes halogenated alkanes) is 2. The molecule has 0 fully saturated rings. The van der Waals surface area contributed by atoms with Gasteiger partial charge in [-0.3, -0.25) is 4.79 Å². The number of ether oxygens (including phenoxy) is 2. The molecule has 0 N–H and O–H groups in total. The maximum Gasteiger partial charge on any atom is 0.340 e. The largest absolute Gasteiger partial charge is 0.494 e. The van der Waals surface area contributed by atoms with Crippen molar-refractivity contribution in [3.05, 3.63) is 66.2 Å². The number of hydrogen-bond acceptors (Lipinski definition) is 7. The molecule has 0 aliphatic heterocycles. The Morgan fingerprint density at radius 1 is 0.967 bits per heavy atom. The fraction of sp³-hybridized carbons (Fsp3) is 0.261. The quantitative estimate of drug-likeness (QED) is 0.169. The minimum absolute atomic E-state index is 0.192.